The average molecular weight is 405 g/mol. The number of halogens is 1. The molecule has 2 aromatic rings. The lowest BCUT2D eigenvalue weighted by Gasteiger charge is -2.15. The maximum Gasteiger partial charge on any atom is 0.253 e. The third-order valence-electron chi connectivity index (χ3n) is 4.69. The number of nitrogens with one attached hydrogen (secondary N) is 2. The van der Waals surface area contributed by atoms with Crippen molar-refractivity contribution in [3.63, 3.8) is 0 Å². The molecule has 1 atom stereocenters. The van der Waals surface area contributed by atoms with Crippen molar-refractivity contribution in [3.8, 4) is 0 Å². The summed E-state index contributed by atoms with van der Waals surface area (Å²) in [6.07, 6.45) is 0.578. The summed E-state index contributed by atoms with van der Waals surface area (Å²) < 4.78 is 36.5. The van der Waals surface area contributed by atoms with E-state index < -0.39 is 9.84 Å². The molecule has 1 amide bonds. The van der Waals surface area contributed by atoms with Gasteiger partial charge >= 0.3 is 0 Å². The summed E-state index contributed by atoms with van der Waals surface area (Å²) in [4.78, 5) is 17.2. The lowest BCUT2D eigenvalue weighted by molar-refractivity contribution is 0.0946. The molecule has 2 heterocycles. The van der Waals surface area contributed by atoms with Crippen molar-refractivity contribution in [1.82, 2.24) is 10.3 Å². The van der Waals surface area contributed by atoms with E-state index in [0.717, 1.165) is 0 Å². The van der Waals surface area contributed by atoms with E-state index in [0.29, 0.717) is 35.7 Å². The SMILES string of the molecule is CC(C)c1nc(Nc2cccc(F)c2)ccc1C(=O)NCC1CCS(=O)(=O)C1. The van der Waals surface area contributed by atoms with Gasteiger partial charge in [-0.25, -0.2) is 17.8 Å². The van der Waals surface area contributed by atoms with Crippen LogP contribution in [0.4, 0.5) is 15.9 Å². The van der Waals surface area contributed by atoms with Gasteiger partial charge in [-0.3, -0.25) is 4.79 Å². The van der Waals surface area contributed by atoms with Gasteiger partial charge in [-0.1, -0.05) is 19.9 Å². The van der Waals surface area contributed by atoms with E-state index in [1.165, 1.54) is 12.1 Å². The molecule has 1 aromatic heterocycles. The molecule has 1 aliphatic heterocycles. The summed E-state index contributed by atoms with van der Waals surface area (Å²) in [5.74, 6) is 0.177. The molecule has 3 rings (SSSR count). The van der Waals surface area contributed by atoms with E-state index in [9.17, 15) is 17.6 Å². The molecule has 28 heavy (non-hydrogen) atoms. The number of nitrogens with zero attached hydrogens (tertiary/aromatic N) is 1. The molecule has 150 valence electrons. The van der Waals surface area contributed by atoms with Crippen LogP contribution in [0.2, 0.25) is 0 Å². The van der Waals surface area contributed by atoms with Crippen LogP contribution in [0.1, 0.15) is 42.2 Å². The molecule has 6 nitrogen and oxygen atoms in total. The monoisotopic (exact) mass is 405 g/mol. The van der Waals surface area contributed by atoms with Crippen LogP contribution in [0.25, 0.3) is 0 Å². The highest BCUT2D eigenvalue weighted by Crippen LogP contribution is 2.23. The number of hydrogen-bond donors (Lipinski definition) is 2. The highest BCUT2D eigenvalue weighted by molar-refractivity contribution is 7.91. The molecule has 2 N–H and O–H groups in total. The molecule has 1 fully saturated rings. The Morgan fingerprint density at radius 3 is 2.71 bits per heavy atom. The zero-order valence-corrected chi connectivity index (χ0v) is 16.7. The highest BCUT2D eigenvalue weighted by atomic mass is 32.2. The number of sulfone groups is 1. The number of pyridine rings is 1. The van der Waals surface area contributed by atoms with Gasteiger partial charge in [-0.05, 0) is 48.6 Å². The Labute approximate surface area is 164 Å². The van der Waals surface area contributed by atoms with Crippen LogP contribution in [0.3, 0.4) is 0 Å². The molecule has 0 saturated carbocycles. The number of hydrogen-bond acceptors (Lipinski definition) is 5. The predicted octanol–water partition coefficient (Wildman–Crippen LogP) is 3.25. The number of aromatic nitrogens is 1. The second-order valence-corrected chi connectivity index (χ2v) is 9.63. The number of carbonyl (C=O) groups is 1. The lowest BCUT2D eigenvalue weighted by Crippen LogP contribution is -2.31. The molecular formula is C20H24FN3O3S. The molecule has 0 spiro atoms. The quantitative estimate of drug-likeness (QED) is 0.770. The van der Waals surface area contributed by atoms with Crippen molar-refractivity contribution in [2.45, 2.75) is 26.2 Å². The van der Waals surface area contributed by atoms with Crippen molar-refractivity contribution < 1.29 is 17.6 Å². The van der Waals surface area contributed by atoms with Crippen LogP contribution in [0.5, 0.6) is 0 Å². The molecular weight excluding hydrogens is 381 g/mol. The number of benzene rings is 1. The lowest BCUT2D eigenvalue weighted by atomic mass is 10.0. The Morgan fingerprint density at radius 1 is 1.29 bits per heavy atom. The minimum atomic E-state index is -2.97. The van der Waals surface area contributed by atoms with Gasteiger partial charge in [0.25, 0.3) is 5.91 Å². The fourth-order valence-electron chi connectivity index (χ4n) is 3.26. The largest absolute Gasteiger partial charge is 0.352 e. The summed E-state index contributed by atoms with van der Waals surface area (Å²) >= 11 is 0. The van der Waals surface area contributed by atoms with E-state index in [2.05, 4.69) is 15.6 Å². The van der Waals surface area contributed by atoms with Crippen LogP contribution in [-0.2, 0) is 9.84 Å². The van der Waals surface area contributed by atoms with E-state index in [1.807, 2.05) is 13.8 Å². The maximum absolute atomic E-state index is 13.4. The molecule has 1 aromatic carbocycles. The number of carbonyl (C=O) groups excluding carboxylic acids is 1. The van der Waals surface area contributed by atoms with Crippen molar-refractivity contribution in [2.75, 3.05) is 23.4 Å². The van der Waals surface area contributed by atoms with Crippen LogP contribution < -0.4 is 10.6 Å². The van der Waals surface area contributed by atoms with Gasteiger partial charge in [0.2, 0.25) is 0 Å². The molecule has 1 unspecified atom stereocenters. The number of rotatable bonds is 6. The average Bonchev–Trinajstić information content (AvgIpc) is 2.98. The zero-order valence-electron chi connectivity index (χ0n) is 15.9. The molecule has 0 bridgehead atoms. The fraction of sp³-hybridized carbons (Fsp3) is 0.400. The normalized spacial score (nSPS) is 18.2. The second-order valence-electron chi connectivity index (χ2n) is 7.40. The molecule has 1 aliphatic rings. The summed E-state index contributed by atoms with van der Waals surface area (Å²) in [5.41, 5.74) is 1.65. The van der Waals surface area contributed by atoms with Crippen molar-refractivity contribution >= 4 is 27.2 Å². The number of anilines is 2. The number of amides is 1. The van der Waals surface area contributed by atoms with Crippen LogP contribution >= 0.6 is 0 Å². The predicted molar refractivity (Wildman–Crippen MR) is 107 cm³/mol. The van der Waals surface area contributed by atoms with Gasteiger partial charge in [0, 0.05) is 12.2 Å². The van der Waals surface area contributed by atoms with Gasteiger partial charge in [0.15, 0.2) is 9.84 Å². The molecule has 8 heteroatoms. The summed E-state index contributed by atoms with van der Waals surface area (Å²) in [6, 6.07) is 9.42. The Hall–Kier alpha value is -2.48. The van der Waals surface area contributed by atoms with E-state index in [-0.39, 0.29) is 35.1 Å². The van der Waals surface area contributed by atoms with Crippen LogP contribution in [-0.4, -0.2) is 37.4 Å². The highest BCUT2D eigenvalue weighted by Gasteiger charge is 2.28. The van der Waals surface area contributed by atoms with Gasteiger partial charge in [0.1, 0.15) is 11.6 Å². The van der Waals surface area contributed by atoms with Gasteiger partial charge < -0.3 is 10.6 Å². The second kappa shape index (κ2) is 8.26. The Kier molecular flexibility index (Phi) is 5.98. The van der Waals surface area contributed by atoms with Gasteiger partial charge in [0.05, 0.1) is 22.8 Å². The van der Waals surface area contributed by atoms with Crippen molar-refractivity contribution in [2.24, 2.45) is 5.92 Å². The first-order valence-electron chi connectivity index (χ1n) is 9.25. The van der Waals surface area contributed by atoms with E-state index in [1.54, 1.807) is 24.3 Å². The minimum absolute atomic E-state index is 0.00173. The Morgan fingerprint density at radius 2 is 2.07 bits per heavy atom. The maximum atomic E-state index is 13.4. The molecule has 1 saturated heterocycles. The standard InChI is InChI=1S/C20H24FN3O3S/c1-13(2)19-17(20(25)22-11-14-8-9-28(26,27)12-14)6-7-18(24-19)23-16-5-3-4-15(21)10-16/h3-7,10,13-14H,8-9,11-12H2,1-2H3,(H,22,25)(H,23,24). The smallest absolute Gasteiger partial charge is 0.253 e. The molecule has 0 aliphatic carbocycles. The topological polar surface area (TPSA) is 88.2 Å². The Balaban J connectivity index is 1.72. The first kappa shape index (κ1) is 20.3. The summed E-state index contributed by atoms with van der Waals surface area (Å²) in [7, 11) is -2.97. The zero-order chi connectivity index (χ0) is 20.3. The van der Waals surface area contributed by atoms with Gasteiger partial charge in [-0.15, -0.1) is 0 Å². The first-order valence-corrected chi connectivity index (χ1v) is 11.1. The third kappa shape index (κ3) is 5.07. The van der Waals surface area contributed by atoms with E-state index >= 15 is 0 Å². The van der Waals surface area contributed by atoms with Crippen molar-refractivity contribution in [1.29, 1.82) is 0 Å². The van der Waals surface area contributed by atoms with E-state index in [4.69, 9.17) is 0 Å². The molecule has 0 radical (unpaired) electrons. The summed E-state index contributed by atoms with van der Waals surface area (Å²) in [5, 5.41) is 5.88. The van der Waals surface area contributed by atoms with Gasteiger partial charge in [-0.2, -0.15) is 0 Å². The first-order chi connectivity index (χ1) is 13.2. The minimum Gasteiger partial charge on any atom is -0.352 e. The third-order valence-corrected chi connectivity index (χ3v) is 6.53. The van der Waals surface area contributed by atoms with Crippen LogP contribution in [0.15, 0.2) is 36.4 Å². The van der Waals surface area contributed by atoms with Crippen molar-refractivity contribution in [3.05, 3.63) is 53.5 Å². The summed E-state index contributed by atoms with van der Waals surface area (Å²) in [6.45, 7) is 4.21. The van der Waals surface area contributed by atoms with Crippen LogP contribution in [0, 0.1) is 11.7 Å². The Bertz CT molecular complexity index is 976. The fourth-order valence-corrected chi connectivity index (χ4v) is 5.12.